The van der Waals surface area contributed by atoms with E-state index in [9.17, 15) is 4.79 Å². The molecule has 0 aromatic heterocycles. The highest BCUT2D eigenvalue weighted by Crippen LogP contribution is 2.27. The summed E-state index contributed by atoms with van der Waals surface area (Å²) in [6.07, 6.45) is 0. The highest BCUT2D eigenvalue weighted by Gasteiger charge is 2.19. The minimum absolute atomic E-state index is 0.224. The number of hydrogen-bond donors (Lipinski definition) is 0. The van der Waals surface area contributed by atoms with Gasteiger partial charge in [-0.15, -0.1) is 0 Å². The van der Waals surface area contributed by atoms with Crippen molar-refractivity contribution in [3.05, 3.63) is 77.4 Å². The van der Waals surface area contributed by atoms with Crippen LogP contribution in [0.3, 0.4) is 0 Å². The molecule has 0 saturated heterocycles. The number of benzene rings is 2. The highest BCUT2D eigenvalue weighted by molar-refractivity contribution is 6.02. The Morgan fingerprint density at radius 1 is 0.909 bits per heavy atom. The average molecular weight is 296 g/mol. The monoisotopic (exact) mass is 296 g/mol. The third-order valence-corrected chi connectivity index (χ3v) is 3.31. The van der Waals surface area contributed by atoms with Gasteiger partial charge in [0.15, 0.2) is 0 Å². The molecule has 0 atom stereocenters. The van der Waals surface area contributed by atoms with Crippen LogP contribution in [0.5, 0.6) is 0 Å². The minimum atomic E-state index is -0.365. The average Bonchev–Trinajstić information content (AvgIpc) is 2.59. The fourth-order valence-corrected chi connectivity index (χ4v) is 2.29. The molecule has 0 amide bonds. The molecule has 0 aliphatic heterocycles. The molecule has 2 aromatic rings. The maximum absolute atomic E-state index is 12.2. The number of rotatable bonds is 6. The van der Waals surface area contributed by atoms with Gasteiger partial charge in [-0.3, -0.25) is 0 Å². The molecule has 0 aliphatic rings. The number of carbonyl (C=O) groups is 1. The third-order valence-electron chi connectivity index (χ3n) is 3.31. The zero-order chi connectivity index (χ0) is 15.8. The van der Waals surface area contributed by atoms with Gasteiger partial charge in [0.25, 0.3) is 0 Å². The molecule has 0 aliphatic carbocycles. The SMILES string of the molecule is CCOCC(C(=O)OC)=C(c1ccccc1)c1ccccc1. The maximum Gasteiger partial charge on any atom is 0.336 e. The first-order chi connectivity index (χ1) is 10.8. The van der Waals surface area contributed by atoms with Crippen LogP contribution in [0.25, 0.3) is 5.57 Å². The van der Waals surface area contributed by atoms with Crippen LogP contribution in [0.15, 0.2) is 66.2 Å². The lowest BCUT2D eigenvalue weighted by Gasteiger charge is -2.15. The Morgan fingerprint density at radius 3 is 1.82 bits per heavy atom. The van der Waals surface area contributed by atoms with Gasteiger partial charge in [-0.05, 0) is 18.1 Å². The van der Waals surface area contributed by atoms with E-state index in [1.165, 1.54) is 7.11 Å². The van der Waals surface area contributed by atoms with Crippen LogP contribution in [0.4, 0.5) is 0 Å². The fourth-order valence-electron chi connectivity index (χ4n) is 2.29. The molecule has 3 nitrogen and oxygen atoms in total. The molecule has 0 bridgehead atoms. The van der Waals surface area contributed by atoms with E-state index in [-0.39, 0.29) is 12.6 Å². The van der Waals surface area contributed by atoms with E-state index in [1.807, 2.05) is 67.6 Å². The van der Waals surface area contributed by atoms with E-state index in [1.54, 1.807) is 0 Å². The predicted octanol–water partition coefficient (Wildman–Crippen LogP) is 3.70. The zero-order valence-electron chi connectivity index (χ0n) is 12.9. The number of hydrogen-bond acceptors (Lipinski definition) is 3. The van der Waals surface area contributed by atoms with Gasteiger partial charge in [-0.2, -0.15) is 0 Å². The molecule has 2 aromatic carbocycles. The standard InChI is InChI=1S/C19H20O3/c1-3-22-14-17(19(20)21-2)18(15-10-6-4-7-11-15)16-12-8-5-9-13-16/h4-13H,3,14H2,1-2H3. The quantitative estimate of drug-likeness (QED) is 0.602. The number of carbonyl (C=O) groups excluding carboxylic acids is 1. The van der Waals surface area contributed by atoms with Gasteiger partial charge in [0.2, 0.25) is 0 Å². The summed E-state index contributed by atoms with van der Waals surface area (Å²) >= 11 is 0. The lowest BCUT2D eigenvalue weighted by atomic mass is 9.93. The van der Waals surface area contributed by atoms with E-state index in [2.05, 4.69) is 0 Å². The van der Waals surface area contributed by atoms with Crippen molar-refractivity contribution in [3.63, 3.8) is 0 Å². The van der Waals surface area contributed by atoms with Crippen LogP contribution >= 0.6 is 0 Å². The molecular weight excluding hydrogens is 276 g/mol. The van der Waals surface area contributed by atoms with Gasteiger partial charge in [0.1, 0.15) is 0 Å². The number of methoxy groups -OCH3 is 1. The summed E-state index contributed by atoms with van der Waals surface area (Å²) in [7, 11) is 1.39. The Bertz CT molecular complexity index is 589. The molecule has 3 heteroatoms. The van der Waals surface area contributed by atoms with Crippen LogP contribution in [0.2, 0.25) is 0 Å². The van der Waals surface area contributed by atoms with Crippen molar-refractivity contribution in [2.24, 2.45) is 0 Å². The lowest BCUT2D eigenvalue weighted by Crippen LogP contribution is -2.14. The Morgan fingerprint density at radius 2 is 1.41 bits per heavy atom. The van der Waals surface area contributed by atoms with Gasteiger partial charge in [-0.1, -0.05) is 60.7 Å². The first-order valence-corrected chi connectivity index (χ1v) is 7.28. The van der Waals surface area contributed by atoms with Crippen molar-refractivity contribution in [2.75, 3.05) is 20.3 Å². The largest absolute Gasteiger partial charge is 0.466 e. The molecule has 2 rings (SSSR count). The third kappa shape index (κ3) is 3.83. The smallest absolute Gasteiger partial charge is 0.336 e. The van der Waals surface area contributed by atoms with Gasteiger partial charge in [0, 0.05) is 12.2 Å². The van der Waals surface area contributed by atoms with Crippen LogP contribution in [-0.2, 0) is 14.3 Å². The van der Waals surface area contributed by atoms with Crippen molar-refractivity contribution in [1.29, 1.82) is 0 Å². The second-order valence-electron chi connectivity index (χ2n) is 4.71. The first kappa shape index (κ1) is 16.0. The minimum Gasteiger partial charge on any atom is -0.466 e. The Labute approximate surface area is 131 Å². The van der Waals surface area contributed by atoms with E-state index >= 15 is 0 Å². The van der Waals surface area contributed by atoms with Gasteiger partial charge in [-0.25, -0.2) is 4.79 Å². The van der Waals surface area contributed by atoms with Crippen molar-refractivity contribution in [2.45, 2.75) is 6.92 Å². The van der Waals surface area contributed by atoms with Crippen molar-refractivity contribution >= 4 is 11.5 Å². The number of ether oxygens (including phenoxy) is 2. The summed E-state index contributed by atoms with van der Waals surface area (Å²) in [5.74, 6) is -0.365. The van der Waals surface area contributed by atoms with Crippen LogP contribution in [0.1, 0.15) is 18.1 Å². The van der Waals surface area contributed by atoms with Gasteiger partial charge < -0.3 is 9.47 Å². The summed E-state index contributed by atoms with van der Waals surface area (Å²) in [6.45, 7) is 2.67. The van der Waals surface area contributed by atoms with E-state index in [4.69, 9.17) is 9.47 Å². The molecule has 0 saturated carbocycles. The summed E-state index contributed by atoms with van der Waals surface area (Å²) in [5, 5.41) is 0. The molecule has 0 heterocycles. The Balaban J connectivity index is 2.63. The lowest BCUT2D eigenvalue weighted by molar-refractivity contribution is -0.136. The first-order valence-electron chi connectivity index (χ1n) is 7.28. The topological polar surface area (TPSA) is 35.5 Å². The van der Waals surface area contributed by atoms with Crippen molar-refractivity contribution in [3.8, 4) is 0 Å². The predicted molar refractivity (Wildman–Crippen MR) is 87.4 cm³/mol. The summed E-state index contributed by atoms with van der Waals surface area (Å²) in [6, 6.07) is 19.6. The second-order valence-corrected chi connectivity index (χ2v) is 4.71. The van der Waals surface area contributed by atoms with E-state index < -0.39 is 0 Å². The molecule has 0 N–H and O–H groups in total. The summed E-state index contributed by atoms with van der Waals surface area (Å²) < 4.78 is 10.4. The normalized spacial score (nSPS) is 10.1. The molecule has 0 radical (unpaired) electrons. The maximum atomic E-state index is 12.2. The van der Waals surface area contributed by atoms with E-state index in [0.717, 1.165) is 16.7 Å². The highest BCUT2D eigenvalue weighted by atomic mass is 16.5. The number of esters is 1. The molecule has 22 heavy (non-hydrogen) atoms. The fraction of sp³-hybridized carbons (Fsp3) is 0.211. The van der Waals surface area contributed by atoms with Gasteiger partial charge >= 0.3 is 5.97 Å². The second kappa shape index (κ2) is 8.15. The van der Waals surface area contributed by atoms with Crippen molar-refractivity contribution in [1.82, 2.24) is 0 Å². The molecule has 114 valence electrons. The van der Waals surface area contributed by atoms with Crippen molar-refractivity contribution < 1.29 is 14.3 Å². The summed E-state index contributed by atoms with van der Waals surface area (Å²) in [4.78, 5) is 12.2. The molecule has 0 spiro atoms. The molecule has 0 unspecified atom stereocenters. The van der Waals surface area contributed by atoms with Crippen LogP contribution in [0, 0.1) is 0 Å². The molecular formula is C19H20O3. The Hall–Kier alpha value is -2.39. The van der Waals surface area contributed by atoms with Crippen LogP contribution in [-0.4, -0.2) is 26.3 Å². The molecule has 0 fully saturated rings. The zero-order valence-corrected chi connectivity index (χ0v) is 12.9. The van der Waals surface area contributed by atoms with Gasteiger partial charge in [0.05, 0.1) is 19.3 Å². The summed E-state index contributed by atoms with van der Waals surface area (Å²) in [5.41, 5.74) is 3.31. The Kier molecular flexibility index (Phi) is 5.92. The van der Waals surface area contributed by atoms with E-state index in [0.29, 0.717) is 12.2 Å². The van der Waals surface area contributed by atoms with Crippen LogP contribution < -0.4 is 0 Å².